The number of benzene rings is 1. The van der Waals surface area contributed by atoms with E-state index < -0.39 is 0 Å². The lowest BCUT2D eigenvalue weighted by atomic mass is 10.0. The molecule has 1 aromatic carbocycles. The fraction of sp³-hybridized carbons (Fsp3) is 0.625. The molecular formula is C16H26N2. The molecule has 1 fully saturated rings. The van der Waals surface area contributed by atoms with Crippen molar-refractivity contribution >= 4 is 5.69 Å². The van der Waals surface area contributed by atoms with Gasteiger partial charge in [-0.25, -0.2) is 0 Å². The topological polar surface area (TPSA) is 29.3 Å². The van der Waals surface area contributed by atoms with Gasteiger partial charge in [0, 0.05) is 24.7 Å². The Morgan fingerprint density at radius 2 is 1.83 bits per heavy atom. The van der Waals surface area contributed by atoms with Gasteiger partial charge in [0.2, 0.25) is 0 Å². The van der Waals surface area contributed by atoms with Crippen molar-refractivity contribution < 1.29 is 0 Å². The SMILES string of the molecule is CC(C)Cc1ccc(N(C)CC2(CN)CC2)cc1. The lowest BCUT2D eigenvalue weighted by Crippen LogP contribution is -2.31. The third kappa shape index (κ3) is 3.26. The molecule has 1 saturated carbocycles. The number of nitrogens with zero attached hydrogens (tertiary/aromatic N) is 1. The molecular weight excluding hydrogens is 220 g/mol. The van der Waals surface area contributed by atoms with Gasteiger partial charge < -0.3 is 10.6 Å². The summed E-state index contributed by atoms with van der Waals surface area (Å²) in [5.41, 5.74) is 9.00. The average molecular weight is 246 g/mol. The van der Waals surface area contributed by atoms with E-state index in [1.807, 2.05) is 0 Å². The highest BCUT2D eigenvalue weighted by molar-refractivity contribution is 5.47. The van der Waals surface area contributed by atoms with E-state index in [-0.39, 0.29) is 0 Å². The zero-order chi connectivity index (χ0) is 13.2. The first-order valence-corrected chi connectivity index (χ1v) is 7.05. The van der Waals surface area contributed by atoms with Crippen LogP contribution in [0, 0.1) is 11.3 Å². The predicted molar refractivity (Wildman–Crippen MR) is 79.0 cm³/mol. The summed E-state index contributed by atoms with van der Waals surface area (Å²) >= 11 is 0. The molecule has 100 valence electrons. The summed E-state index contributed by atoms with van der Waals surface area (Å²) in [6, 6.07) is 9.00. The van der Waals surface area contributed by atoms with Gasteiger partial charge in [0.15, 0.2) is 0 Å². The zero-order valence-corrected chi connectivity index (χ0v) is 11.9. The molecule has 2 heteroatoms. The third-order valence-corrected chi connectivity index (χ3v) is 3.98. The quantitative estimate of drug-likeness (QED) is 0.836. The largest absolute Gasteiger partial charge is 0.374 e. The summed E-state index contributed by atoms with van der Waals surface area (Å²) < 4.78 is 0. The Balaban J connectivity index is 1.96. The molecule has 1 aliphatic carbocycles. The fourth-order valence-electron chi connectivity index (χ4n) is 2.56. The molecule has 0 unspecified atom stereocenters. The summed E-state index contributed by atoms with van der Waals surface area (Å²) in [7, 11) is 2.17. The molecule has 0 atom stereocenters. The minimum Gasteiger partial charge on any atom is -0.374 e. The lowest BCUT2D eigenvalue weighted by molar-refractivity contribution is 0.523. The van der Waals surface area contributed by atoms with Gasteiger partial charge in [-0.1, -0.05) is 26.0 Å². The van der Waals surface area contributed by atoms with Crippen LogP contribution in [0.4, 0.5) is 5.69 Å². The third-order valence-electron chi connectivity index (χ3n) is 3.98. The number of hydrogen-bond acceptors (Lipinski definition) is 2. The van der Waals surface area contributed by atoms with E-state index in [9.17, 15) is 0 Å². The van der Waals surface area contributed by atoms with Crippen molar-refractivity contribution in [2.75, 3.05) is 25.0 Å². The Bertz CT molecular complexity index is 377. The van der Waals surface area contributed by atoms with Crippen molar-refractivity contribution in [3.8, 4) is 0 Å². The second kappa shape index (κ2) is 5.31. The summed E-state index contributed by atoms with van der Waals surface area (Å²) in [5.74, 6) is 0.723. The zero-order valence-electron chi connectivity index (χ0n) is 11.9. The summed E-state index contributed by atoms with van der Waals surface area (Å²) in [6.45, 7) is 6.44. The van der Waals surface area contributed by atoms with E-state index in [1.165, 1.54) is 24.1 Å². The molecule has 0 bridgehead atoms. The molecule has 0 heterocycles. The first-order valence-electron chi connectivity index (χ1n) is 7.05. The molecule has 0 aliphatic heterocycles. The van der Waals surface area contributed by atoms with Crippen molar-refractivity contribution in [3.63, 3.8) is 0 Å². The van der Waals surface area contributed by atoms with Crippen molar-refractivity contribution in [1.82, 2.24) is 0 Å². The van der Waals surface area contributed by atoms with Crippen LogP contribution in [-0.2, 0) is 6.42 Å². The van der Waals surface area contributed by atoms with Crippen LogP contribution < -0.4 is 10.6 Å². The molecule has 2 rings (SSSR count). The minimum atomic E-state index is 0.408. The first kappa shape index (κ1) is 13.4. The Labute approximate surface area is 111 Å². The number of nitrogens with two attached hydrogens (primary N) is 1. The van der Waals surface area contributed by atoms with Crippen LogP contribution >= 0.6 is 0 Å². The monoisotopic (exact) mass is 246 g/mol. The van der Waals surface area contributed by atoms with Gasteiger partial charge in [0.25, 0.3) is 0 Å². The maximum atomic E-state index is 5.85. The van der Waals surface area contributed by atoms with Crippen LogP contribution in [0.3, 0.4) is 0 Å². The van der Waals surface area contributed by atoms with E-state index in [1.54, 1.807) is 0 Å². The fourth-order valence-corrected chi connectivity index (χ4v) is 2.56. The maximum Gasteiger partial charge on any atom is 0.0363 e. The molecule has 2 nitrogen and oxygen atoms in total. The molecule has 0 saturated heterocycles. The Morgan fingerprint density at radius 3 is 2.28 bits per heavy atom. The van der Waals surface area contributed by atoms with E-state index in [2.05, 4.69) is 50.1 Å². The van der Waals surface area contributed by atoms with Gasteiger partial charge in [0.1, 0.15) is 0 Å². The molecule has 0 aromatic heterocycles. The van der Waals surface area contributed by atoms with Crippen molar-refractivity contribution in [3.05, 3.63) is 29.8 Å². The van der Waals surface area contributed by atoms with Crippen molar-refractivity contribution in [2.24, 2.45) is 17.1 Å². The van der Waals surface area contributed by atoms with Gasteiger partial charge in [-0.15, -0.1) is 0 Å². The van der Waals surface area contributed by atoms with E-state index in [0.717, 1.165) is 25.4 Å². The lowest BCUT2D eigenvalue weighted by Gasteiger charge is -2.25. The number of hydrogen-bond donors (Lipinski definition) is 1. The second-order valence-electron chi connectivity index (χ2n) is 6.32. The van der Waals surface area contributed by atoms with Crippen LogP contribution in [-0.4, -0.2) is 20.1 Å². The molecule has 0 spiro atoms. The highest BCUT2D eigenvalue weighted by Crippen LogP contribution is 2.45. The number of anilines is 1. The Kier molecular flexibility index (Phi) is 3.96. The standard InChI is InChI=1S/C16H26N2/c1-13(2)10-14-4-6-15(7-5-14)18(3)12-16(11-17)8-9-16/h4-7,13H,8-12,17H2,1-3H3. The van der Waals surface area contributed by atoms with Crippen molar-refractivity contribution in [2.45, 2.75) is 33.1 Å². The molecule has 2 N–H and O–H groups in total. The van der Waals surface area contributed by atoms with Gasteiger partial charge in [0.05, 0.1) is 0 Å². The van der Waals surface area contributed by atoms with E-state index >= 15 is 0 Å². The second-order valence-corrected chi connectivity index (χ2v) is 6.32. The van der Waals surface area contributed by atoms with Crippen LogP contribution in [0.1, 0.15) is 32.3 Å². The van der Waals surface area contributed by atoms with Gasteiger partial charge >= 0.3 is 0 Å². The predicted octanol–water partition coefficient (Wildman–Crippen LogP) is 3.06. The summed E-state index contributed by atoms with van der Waals surface area (Å²) in [4.78, 5) is 2.35. The highest BCUT2D eigenvalue weighted by Gasteiger charge is 2.41. The van der Waals surface area contributed by atoms with E-state index in [4.69, 9.17) is 5.73 Å². The molecule has 0 radical (unpaired) electrons. The van der Waals surface area contributed by atoms with Crippen molar-refractivity contribution in [1.29, 1.82) is 0 Å². The van der Waals surface area contributed by atoms with Gasteiger partial charge in [-0.2, -0.15) is 0 Å². The van der Waals surface area contributed by atoms with Gasteiger partial charge in [-0.3, -0.25) is 0 Å². The summed E-state index contributed by atoms with van der Waals surface area (Å²) in [5, 5.41) is 0. The first-order chi connectivity index (χ1) is 8.54. The molecule has 0 amide bonds. The minimum absolute atomic E-state index is 0.408. The van der Waals surface area contributed by atoms with E-state index in [0.29, 0.717) is 5.41 Å². The normalized spacial score (nSPS) is 16.9. The smallest absolute Gasteiger partial charge is 0.0363 e. The summed E-state index contributed by atoms with van der Waals surface area (Å²) in [6.07, 6.45) is 3.75. The van der Waals surface area contributed by atoms with Gasteiger partial charge in [-0.05, 0) is 49.4 Å². The Morgan fingerprint density at radius 1 is 1.22 bits per heavy atom. The van der Waals surface area contributed by atoms with Crippen LogP contribution in [0.15, 0.2) is 24.3 Å². The van der Waals surface area contributed by atoms with Crippen LogP contribution in [0.25, 0.3) is 0 Å². The maximum absolute atomic E-state index is 5.85. The van der Waals surface area contributed by atoms with Crippen LogP contribution in [0.2, 0.25) is 0 Å². The Hall–Kier alpha value is -1.02. The molecule has 1 aliphatic rings. The average Bonchev–Trinajstić information content (AvgIpc) is 3.09. The molecule has 18 heavy (non-hydrogen) atoms. The van der Waals surface area contributed by atoms with Crippen LogP contribution in [0.5, 0.6) is 0 Å². The highest BCUT2D eigenvalue weighted by atomic mass is 15.1. The molecule has 1 aromatic rings. The number of rotatable bonds is 6.